The molecule has 26 heteroatoms. The Bertz CT molecular complexity index is 1930. The number of nitrogens with one attached hydrogen (secondary N) is 8. The van der Waals surface area contributed by atoms with E-state index in [9.17, 15) is 67.7 Å². The molecule has 2 unspecified atom stereocenters. The average molecular weight is 935 g/mol. The van der Waals surface area contributed by atoms with Crippen LogP contribution < -0.4 is 59.7 Å². The molecule has 0 aliphatic rings. The standard InChI is InChI=1S/C40H62N12O14/c1-6-20(2)34(51-38(64)25(15-22-7-9-23(54)10-8-22)47-32(59)14-13-31(58)44-4)39(65)49-24(11-12-28(41)55)36(62)50-26(16-29(42)56)37(63)46-21(3)40(66)52(5)18-33(60)48-27(19-53)35(61)45-17-30(43)57/h7-10,20-21,24-27,34,53-54H,6,11-19H2,1-5H3,(H2,41,55)(H2,42,56)(H2,43,57)(H,44,58)(H,45,61)(H,46,63)(H,47,59)(H,48,60)(H,49,65)(H,50,62)(H,51,64)/t20?,21-,24-,25-,26-,27-,34?/m0/s1. The third kappa shape index (κ3) is 20.9. The molecule has 26 nitrogen and oxygen atoms in total. The summed E-state index contributed by atoms with van der Waals surface area (Å²) in [4.78, 5) is 153. The van der Waals surface area contributed by atoms with Crippen LogP contribution in [0.5, 0.6) is 5.75 Å². The van der Waals surface area contributed by atoms with E-state index in [0.29, 0.717) is 12.0 Å². The van der Waals surface area contributed by atoms with Gasteiger partial charge in [0.1, 0.15) is 42.0 Å². The summed E-state index contributed by atoms with van der Waals surface area (Å²) in [6.45, 7) is 2.39. The summed E-state index contributed by atoms with van der Waals surface area (Å²) in [7, 11) is 2.55. The molecule has 0 aliphatic heterocycles. The molecular formula is C40H62N12O14. The molecule has 66 heavy (non-hydrogen) atoms. The molecule has 0 saturated carbocycles. The van der Waals surface area contributed by atoms with Gasteiger partial charge in [-0.2, -0.15) is 0 Å². The van der Waals surface area contributed by atoms with E-state index in [-0.39, 0.29) is 25.0 Å². The molecule has 1 aromatic rings. The number of aliphatic hydroxyl groups is 1. The monoisotopic (exact) mass is 934 g/mol. The fraction of sp³-hybridized carbons (Fsp3) is 0.550. The number of phenolic OH excluding ortho intramolecular Hbond substituents is 1. The number of rotatable bonds is 29. The van der Waals surface area contributed by atoms with Crippen LogP contribution in [0, 0.1) is 5.92 Å². The zero-order valence-corrected chi connectivity index (χ0v) is 37.4. The van der Waals surface area contributed by atoms with Crippen LogP contribution in [0.25, 0.3) is 0 Å². The fourth-order valence-electron chi connectivity index (χ4n) is 5.88. The number of carbonyl (C=O) groups excluding carboxylic acids is 12. The van der Waals surface area contributed by atoms with Crippen molar-refractivity contribution in [1.82, 2.24) is 47.4 Å². The first-order valence-corrected chi connectivity index (χ1v) is 20.7. The first-order chi connectivity index (χ1) is 30.9. The summed E-state index contributed by atoms with van der Waals surface area (Å²) in [5, 5.41) is 38.1. The molecule has 0 heterocycles. The fourth-order valence-corrected chi connectivity index (χ4v) is 5.88. The number of benzene rings is 1. The van der Waals surface area contributed by atoms with E-state index in [1.165, 1.54) is 38.2 Å². The molecule has 16 N–H and O–H groups in total. The molecule has 0 aromatic heterocycles. The van der Waals surface area contributed by atoms with E-state index in [1.54, 1.807) is 13.8 Å². The maximum Gasteiger partial charge on any atom is 0.245 e. The lowest BCUT2D eigenvalue weighted by atomic mass is 9.96. The highest BCUT2D eigenvalue weighted by Crippen LogP contribution is 2.14. The second kappa shape index (κ2) is 28.4. The molecule has 0 fully saturated rings. The summed E-state index contributed by atoms with van der Waals surface area (Å²) in [6, 6.07) is -3.24. The summed E-state index contributed by atoms with van der Waals surface area (Å²) in [6.07, 6.45) is -1.99. The highest BCUT2D eigenvalue weighted by molar-refractivity contribution is 5.99. The van der Waals surface area contributed by atoms with Crippen molar-refractivity contribution in [3.8, 4) is 5.75 Å². The van der Waals surface area contributed by atoms with Crippen LogP contribution in [-0.2, 0) is 64.0 Å². The van der Waals surface area contributed by atoms with Crippen LogP contribution in [0.3, 0.4) is 0 Å². The lowest BCUT2D eigenvalue weighted by Gasteiger charge is -2.29. The Morgan fingerprint density at radius 1 is 0.636 bits per heavy atom. The number of amides is 12. The van der Waals surface area contributed by atoms with Crippen LogP contribution in [0.4, 0.5) is 0 Å². The van der Waals surface area contributed by atoms with Gasteiger partial charge in [0.15, 0.2) is 0 Å². The SMILES string of the molecule is CCC(C)C(NC(=O)[C@H](Cc1ccc(O)cc1)NC(=O)CCC(=O)NC)C(=O)N[C@@H](CCC(N)=O)C(=O)N[C@@H](CC(N)=O)C(=O)N[C@@H](C)C(=O)N(C)CC(=O)N[C@@H](CO)C(=O)NCC(N)=O. The largest absolute Gasteiger partial charge is 0.508 e. The van der Waals surface area contributed by atoms with Crippen molar-refractivity contribution in [3.05, 3.63) is 29.8 Å². The Morgan fingerprint density at radius 3 is 1.74 bits per heavy atom. The molecule has 0 bridgehead atoms. The predicted octanol–water partition coefficient (Wildman–Crippen LogP) is -6.37. The molecule has 0 aliphatic carbocycles. The lowest BCUT2D eigenvalue weighted by Crippen LogP contribution is -2.60. The van der Waals surface area contributed by atoms with Crippen molar-refractivity contribution in [2.24, 2.45) is 23.1 Å². The Morgan fingerprint density at radius 2 is 1.20 bits per heavy atom. The smallest absolute Gasteiger partial charge is 0.245 e. The van der Waals surface area contributed by atoms with Crippen molar-refractivity contribution in [3.63, 3.8) is 0 Å². The van der Waals surface area contributed by atoms with Crippen LogP contribution in [0.15, 0.2) is 24.3 Å². The minimum absolute atomic E-state index is 0.0588. The van der Waals surface area contributed by atoms with E-state index in [4.69, 9.17) is 17.2 Å². The second-order valence-electron chi connectivity index (χ2n) is 15.2. The zero-order valence-electron chi connectivity index (χ0n) is 37.4. The minimum Gasteiger partial charge on any atom is -0.508 e. The van der Waals surface area contributed by atoms with Crippen LogP contribution in [-0.4, -0.2) is 156 Å². The second-order valence-corrected chi connectivity index (χ2v) is 15.2. The topological polar surface area (TPSA) is 423 Å². The number of hydrogen-bond donors (Lipinski definition) is 13. The quantitative estimate of drug-likeness (QED) is 0.0356. The van der Waals surface area contributed by atoms with Gasteiger partial charge < -0.3 is 74.8 Å². The Balaban J connectivity index is 3.27. The maximum atomic E-state index is 14.0. The highest BCUT2D eigenvalue weighted by atomic mass is 16.3. The van der Waals surface area contributed by atoms with E-state index >= 15 is 0 Å². The zero-order chi connectivity index (χ0) is 50.3. The Labute approximate surface area is 380 Å². The highest BCUT2D eigenvalue weighted by Gasteiger charge is 2.35. The first kappa shape index (κ1) is 56.6. The number of hydrogen-bond acceptors (Lipinski definition) is 14. The number of phenols is 1. The first-order valence-electron chi connectivity index (χ1n) is 20.7. The normalized spacial score (nSPS) is 13.8. The van der Waals surface area contributed by atoms with Gasteiger partial charge in [0.2, 0.25) is 70.9 Å². The number of nitrogens with two attached hydrogens (primary N) is 3. The van der Waals surface area contributed by atoms with Gasteiger partial charge in [0.25, 0.3) is 0 Å². The van der Waals surface area contributed by atoms with Gasteiger partial charge in [-0.3, -0.25) is 57.5 Å². The number of carbonyl (C=O) groups is 12. The van der Waals surface area contributed by atoms with Crippen molar-refractivity contribution in [2.45, 2.75) is 102 Å². The van der Waals surface area contributed by atoms with Gasteiger partial charge in [0.05, 0.1) is 26.1 Å². The Hall–Kier alpha value is -7.38. The number of aliphatic hydroxyl groups excluding tert-OH is 1. The molecule has 0 radical (unpaired) electrons. The minimum atomic E-state index is -1.77. The van der Waals surface area contributed by atoms with E-state index in [1.807, 2.05) is 0 Å². The van der Waals surface area contributed by atoms with Crippen LogP contribution in [0.1, 0.15) is 64.9 Å². The third-order valence-electron chi connectivity index (χ3n) is 9.79. The van der Waals surface area contributed by atoms with Gasteiger partial charge >= 0.3 is 0 Å². The number of primary amides is 3. The Kier molecular flexibility index (Phi) is 24.4. The summed E-state index contributed by atoms with van der Waals surface area (Å²) in [5.41, 5.74) is 16.2. The van der Waals surface area contributed by atoms with E-state index < -0.39 is 152 Å². The van der Waals surface area contributed by atoms with Gasteiger partial charge in [-0.15, -0.1) is 0 Å². The molecule has 1 rings (SSSR count). The molecule has 366 valence electrons. The van der Waals surface area contributed by atoms with Crippen molar-refractivity contribution < 1.29 is 67.7 Å². The van der Waals surface area contributed by atoms with Gasteiger partial charge in [-0.25, -0.2) is 0 Å². The molecule has 0 saturated heterocycles. The van der Waals surface area contributed by atoms with Crippen molar-refractivity contribution in [1.29, 1.82) is 0 Å². The van der Waals surface area contributed by atoms with E-state index in [2.05, 4.69) is 42.5 Å². The molecule has 0 spiro atoms. The summed E-state index contributed by atoms with van der Waals surface area (Å²) < 4.78 is 0. The molecular weight excluding hydrogens is 873 g/mol. The van der Waals surface area contributed by atoms with Crippen LogP contribution in [0.2, 0.25) is 0 Å². The predicted molar refractivity (Wildman–Crippen MR) is 231 cm³/mol. The molecule has 12 amide bonds. The van der Waals surface area contributed by atoms with Gasteiger partial charge in [0, 0.05) is 39.8 Å². The third-order valence-corrected chi connectivity index (χ3v) is 9.79. The van der Waals surface area contributed by atoms with Crippen molar-refractivity contribution in [2.75, 3.05) is 33.8 Å². The summed E-state index contributed by atoms with van der Waals surface area (Å²) >= 11 is 0. The molecule has 1 aromatic carbocycles. The number of aromatic hydroxyl groups is 1. The number of nitrogens with zero attached hydrogens (tertiary/aromatic N) is 1. The van der Waals surface area contributed by atoms with E-state index in [0.717, 1.165) is 11.9 Å². The van der Waals surface area contributed by atoms with Crippen LogP contribution >= 0.6 is 0 Å². The number of likely N-dealkylation sites (N-methyl/N-ethyl adjacent to an activating group) is 1. The maximum absolute atomic E-state index is 14.0. The van der Waals surface area contributed by atoms with Gasteiger partial charge in [-0.1, -0.05) is 32.4 Å². The lowest BCUT2D eigenvalue weighted by molar-refractivity contribution is -0.139. The molecule has 7 atom stereocenters. The van der Waals surface area contributed by atoms with Gasteiger partial charge in [-0.05, 0) is 37.0 Å². The average Bonchev–Trinajstić information content (AvgIpc) is 3.25. The van der Waals surface area contributed by atoms with Crippen molar-refractivity contribution >= 4 is 70.9 Å². The summed E-state index contributed by atoms with van der Waals surface area (Å²) in [5.74, 6) is -11.3.